The summed E-state index contributed by atoms with van der Waals surface area (Å²) in [5.74, 6) is 0.175. The van der Waals surface area contributed by atoms with Crippen molar-refractivity contribution >= 4 is 23.2 Å². The number of anilines is 1. The number of halogens is 3. The predicted octanol–water partition coefficient (Wildman–Crippen LogP) is 3.58. The lowest BCUT2D eigenvalue weighted by atomic mass is 10.3. The third-order valence-corrected chi connectivity index (χ3v) is 3.64. The number of pyridine rings is 1. The zero-order valence-corrected chi connectivity index (χ0v) is 12.5. The first-order valence-corrected chi connectivity index (χ1v) is 7.13. The molecule has 0 saturated carbocycles. The molecule has 2 amide bonds. The van der Waals surface area contributed by atoms with Gasteiger partial charge in [-0.2, -0.15) is 13.2 Å². The maximum absolute atomic E-state index is 13.1. The highest BCUT2D eigenvalue weighted by Gasteiger charge is 2.43. The zero-order valence-electron chi connectivity index (χ0n) is 11.7. The second-order valence-corrected chi connectivity index (χ2v) is 5.45. The summed E-state index contributed by atoms with van der Waals surface area (Å²) in [5, 5.41) is 5.45. The molecular formula is C13H13F3N4OS. The summed E-state index contributed by atoms with van der Waals surface area (Å²) >= 11 is 0.846. The molecule has 2 aromatic rings. The normalized spacial score (nSPS) is 12.8. The van der Waals surface area contributed by atoms with Crippen LogP contribution in [0.5, 0.6) is 0 Å². The fourth-order valence-electron chi connectivity index (χ4n) is 1.68. The topological polar surface area (TPSA) is 66.9 Å². The molecule has 2 rings (SSSR count). The van der Waals surface area contributed by atoms with Gasteiger partial charge in [0.1, 0.15) is 10.8 Å². The van der Waals surface area contributed by atoms with E-state index in [1.165, 1.54) is 11.4 Å². The first-order valence-electron chi connectivity index (χ1n) is 6.25. The summed E-state index contributed by atoms with van der Waals surface area (Å²) in [4.78, 5) is 19.6. The van der Waals surface area contributed by atoms with Gasteiger partial charge in [0, 0.05) is 16.8 Å². The van der Waals surface area contributed by atoms with Crippen molar-refractivity contribution in [1.29, 1.82) is 0 Å². The van der Waals surface area contributed by atoms with Gasteiger partial charge in [-0.25, -0.2) is 14.8 Å². The number of carbonyl (C=O) groups excluding carboxylic acids is 1. The number of aryl methyl sites for hydroxylation is 2. The van der Waals surface area contributed by atoms with Crippen molar-refractivity contribution in [2.45, 2.75) is 26.1 Å². The van der Waals surface area contributed by atoms with Crippen LogP contribution in [0.15, 0.2) is 23.6 Å². The first-order chi connectivity index (χ1) is 10.3. The van der Waals surface area contributed by atoms with Crippen LogP contribution in [-0.2, 0) is 0 Å². The van der Waals surface area contributed by atoms with E-state index in [0.29, 0.717) is 11.4 Å². The van der Waals surface area contributed by atoms with Gasteiger partial charge in [-0.15, -0.1) is 11.3 Å². The Balaban J connectivity index is 2.12. The molecule has 0 saturated heterocycles. The van der Waals surface area contributed by atoms with Crippen molar-refractivity contribution in [2.75, 3.05) is 5.32 Å². The lowest BCUT2D eigenvalue weighted by molar-refractivity contribution is -0.154. The van der Waals surface area contributed by atoms with E-state index in [4.69, 9.17) is 0 Å². The van der Waals surface area contributed by atoms with E-state index in [-0.39, 0.29) is 10.8 Å². The van der Waals surface area contributed by atoms with Gasteiger partial charge in [0.25, 0.3) is 0 Å². The highest BCUT2D eigenvalue weighted by Crippen LogP contribution is 2.34. The molecule has 0 fully saturated rings. The van der Waals surface area contributed by atoms with E-state index in [0.717, 1.165) is 11.3 Å². The molecular weight excluding hydrogens is 317 g/mol. The Bertz CT molecular complexity index is 671. The number of aromatic nitrogens is 2. The number of thiazole rings is 1. The van der Waals surface area contributed by atoms with Crippen LogP contribution in [-0.4, -0.2) is 22.2 Å². The van der Waals surface area contributed by atoms with Crippen molar-refractivity contribution in [3.63, 3.8) is 0 Å². The standard InChI is InChI=1S/C13H13F3N4OS/c1-7-4-3-5-9(17-7)19-12(21)20-10(13(14,15)16)11-18-8(2)6-22-11/h3-6,10H,1-2H3,(H2,17,19,20,21)/t10-/m1/s1. The average Bonchev–Trinajstić information content (AvgIpc) is 2.81. The molecule has 5 nitrogen and oxygen atoms in total. The third kappa shape index (κ3) is 4.17. The van der Waals surface area contributed by atoms with Gasteiger partial charge in [-0.05, 0) is 26.0 Å². The number of rotatable bonds is 3. The van der Waals surface area contributed by atoms with Crippen molar-refractivity contribution in [3.05, 3.63) is 40.0 Å². The van der Waals surface area contributed by atoms with E-state index in [1.54, 1.807) is 26.0 Å². The van der Waals surface area contributed by atoms with Crippen LogP contribution in [0.2, 0.25) is 0 Å². The summed E-state index contributed by atoms with van der Waals surface area (Å²) in [6.45, 7) is 3.30. The molecule has 0 bridgehead atoms. The lowest BCUT2D eigenvalue weighted by Gasteiger charge is -2.19. The SMILES string of the molecule is Cc1cccc(NC(=O)N[C@H](c2nc(C)cs2)C(F)(F)F)n1. The Kier molecular flexibility index (Phi) is 4.65. The van der Waals surface area contributed by atoms with E-state index in [1.807, 2.05) is 5.32 Å². The molecule has 22 heavy (non-hydrogen) atoms. The third-order valence-electron chi connectivity index (χ3n) is 2.62. The number of urea groups is 1. The minimum absolute atomic E-state index is 0.175. The van der Waals surface area contributed by atoms with Crippen LogP contribution < -0.4 is 10.6 Å². The second kappa shape index (κ2) is 6.30. The molecule has 2 aromatic heterocycles. The number of hydrogen-bond donors (Lipinski definition) is 2. The van der Waals surface area contributed by atoms with Gasteiger partial charge in [0.05, 0.1) is 0 Å². The van der Waals surface area contributed by atoms with Gasteiger partial charge in [0.15, 0.2) is 6.04 Å². The summed E-state index contributed by atoms with van der Waals surface area (Å²) in [6.07, 6.45) is -4.64. The fraction of sp³-hybridized carbons (Fsp3) is 0.308. The van der Waals surface area contributed by atoms with Crippen LogP contribution in [0.3, 0.4) is 0 Å². The fourth-order valence-corrected chi connectivity index (χ4v) is 2.55. The average molecular weight is 330 g/mol. The summed E-state index contributed by atoms with van der Waals surface area (Å²) < 4.78 is 39.3. The maximum atomic E-state index is 13.1. The minimum Gasteiger partial charge on any atom is -0.320 e. The minimum atomic E-state index is -4.64. The van der Waals surface area contributed by atoms with Gasteiger partial charge in [0.2, 0.25) is 0 Å². The molecule has 0 unspecified atom stereocenters. The molecule has 1 atom stereocenters. The number of carbonyl (C=O) groups is 1. The van der Waals surface area contributed by atoms with E-state index < -0.39 is 18.2 Å². The summed E-state index contributed by atoms with van der Waals surface area (Å²) in [5.41, 5.74) is 1.11. The Morgan fingerprint density at radius 2 is 1.95 bits per heavy atom. The van der Waals surface area contributed by atoms with Gasteiger partial charge in [-0.1, -0.05) is 6.07 Å². The molecule has 118 valence electrons. The van der Waals surface area contributed by atoms with Crippen LogP contribution >= 0.6 is 11.3 Å². The predicted molar refractivity (Wildman–Crippen MR) is 76.8 cm³/mol. The van der Waals surface area contributed by atoms with Crippen LogP contribution in [0.1, 0.15) is 22.4 Å². The Labute approximate surface area is 128 Å². The van der Waals surface area contributed by atoms with E-state index >= 15 is 0 Å². The molecule has 9 heteroatoms. The molecule has 2 N–H and O–H groups in total. The number of amides is 2. The van der Waals surface area contributed by atoms with Crippen LogP contribution in [0.4, 0.5) is 23.8 Å². The van der Waals surface area contributed by atoms with E-state index in [2.05, 4.69) is 15.3 Å². The lowest BCUT2D eigenvalue weighted by Crippen LogP contribution is -2.40. The Hall–Kier alpha value is -2.16. The number of nitrogens with one attached hydrogen (secondary N) is 2. The quantitative estimate of drug-likeness (QED) is 0.904. The highest BCUT2D eigenvalue weighted by molar-refractivity contribution is 7.09. The molecule has 0 radical (unpaired) electrons. The van der Waals surface area contributed by atoms with Crippen molar-refractivity contribution in [3.8, 4) is 0 Å². The van der Waals surface area contributed by atoms with Crippen molar-refractivity contribution < 1.29 is 18.0 Å². The molecule has 0 aliphatic heterocycles. The van der Waals surface area contributed by atoms with Crippen LogP contribution in [0.25, 0.3) is 0 Å². The molecule has 0 spiro atoms. The molecule has 0 aliphatic rings. The molecule has 0 aromatic carbocycles. The number of hydrogen-bond acceptors (Lipinski definition) is 4. The largest absolute Gasteiger partial charge is 0.415 e. The Morgan fingerprint density at radius 1 is 1.23 bits per heavy atom. The molecule has 0 aliphatic carbocycles. The van der Waals surface area contributed by atoms with Gasteiger partial charge in [-0.3, -0.25) is 5.32 Å². The second-order valence-electron chi connectivity index (χ2n) is 4.56. The monoisotopic (exact) mass is 330 g/mol. The van der Waals surface area contributed by atoms with E-state index in [9.17, 15) is 18.0 Å². The van der Waals surface area contributed by atoms with Gasteiger partial charge >= 0.3 is 12.2 Å². The van der Waals surface area contributed by atoms with Crippen LogP contribution in [0, 0.1) is 13.8 Å². The summed E-state index contributed by atoms with van der Waals surface area (Å²) in [7, 11) is 0. The smallest absolute Gasteiger partial charge is 0.320 e. The van der Waals surface area contributed by atoms with Gasteiger partial charge < -0.3 is 5.32 Å². The summed E-state index contributed by atoms with van der Waals surface area (Å²) in [6, 6.07) is 1.69. The number of nitrogens with zero attached hydrogens (tertiary/aromatic N) is 2. The molecule has 2 heterocycles. The zero-order chi connectivity index (χ0) is 16.3. The maximum Gasteiger partial charge on any atom is 0.415 e. The first kappa shape index (κ1) is 16.2. The number of alkyl halides is 3. The highest BCUT2D eigenvalue weighted by atomic mass is 32.1. The van der Waals surface area contributed by atoms with Crippen molar-refractivity contribution in [1.82, 2.24) is 15.3 Å². The Morgan fingerprint density at radius 3 is 2.50 bits per heavy atom. The van der Waals surface area contributed by atoms with Crippen molar-refractivity contribution in [2.24, 2.45) is 0 Å².